The normalized spacial score (nSPS) is 18.7. The van der Waals surface area contributed by atoms with E-state index in [0.717, 1.165) is 6.42 Å². The van der Waals surface area contributed by atoms with Gasteiger partial charge in [0.2, 0.25) is 5.91 Å². The van der Waals surface area contributed by atoms with Crippen molar-refractivity contribution >= 4 is 22.6 Å². The molecule has 0 bridgehead atoms. The van der Waals surface area contributed by atoms with Crippen LogP contribution in [0.15, 0.2) is 47.5 Å². The number of aliphatic imine (C=N–C) groups is 1. The monoisotopic (exact) mass is 338 g/mol. The highest BCUT2D eigenvalue weighted by molar-refractivity contribution is 5.86. The zero-order chi connectivity index (χ0) is 18.0. The maximum Gasteiger partial charge on any atom is 0.218 e. The number of rotatable bonds is 5. The molecule has 25 heavy (non-hydrogen) atoms. The fourth-order valence-corrected chi connectivity index (χ4v) is 3.33. The number of nitrogens with zero attached hydrogens (tertiary/aromatic N) is 1. The van der Waals surface area contributed by atoms with Gasteiger partial charge in [-0.2, -0.15) is 0 Å². The minimum atomic E-state index is -0.316. The lowest BCUT2D eigenvalue weighted by Crippen LogP contribution is -2.33. The SMILES string of the molecule is CC(C)(C)[C@H](CC(N)=O)C1=N[C@@H](Cc2ccc3ccccc3c2)CO1. The predicted octanol–water partition coefficient (Wildman–Crippen LogP) is 3.72. The van der Waals surface area contributed by atoms with E-state index in [-0.39, 0.29) is 29.7 Å². The summed E-state index contributed by atoms with van der Waals surface area (Å²) in [5, 5.41) is 2.48. The van der Waals surface area contributed by atoms with Crippen LogP contribution in [0.3, 0.4) is 0 Å². The van der Waals surface area contributed by atoms with Gasteiger partial charge in [-0.25, -0.2) is 4.99 Å². The minimum absolute atomic E-state index is 0.0772. The number of hydrogen-bond acceptors (Lipinski definition) is 3. The first-order chi connectivity index (χ1) is 11.8. The molecule has 4 nitrogen and oxygen atoms in total. The predicted molar refractivity (Wildman–Crippen MR) is 102 cm³/mol. The molecule has 2 atom stereocenters. The van der Waals surface area contributed by atoms with Crippen molar-refractivity contribution in [2.75, 3.05) is 6.61 Å². The van der Waals surface area contributed by atoms with E-state index in [0.29, 0.717) is 12.5 Å². The molecule has 0 fully saturated rings. The highest BCUT2D eigenvalue weighted by Crippen LogP contribution is 2.32. The minimum Gasteiger partial charge on any atom is -0.478 e. The second-order valence-corrected chi connectivity index (χ2v) is 7.91. The van der Waals surface area contributed by atoms with Crippen molar-refractivity contribution in [2.24, 2.45) is 22.1 Å². The second-order valence-electron chi connectivity index (χ2n) is 7.91. The number of carbonyl (C=O) groups excluding carboxylic acids is 1. The molecule has 0 unspecified atom stereocenters. The van der Waals surface area contributed by atoms with Gasteiger partial charge in [-0.3, -0.25) is 4.79 Å². The van der Waals surface area contributed by atoms with E-state index >= 15 is 0 Å². The molecule has 132 valence electrons. The van der Waals surface area contributed by atoms with Gasteiger partial charge in [-0.15, -0.1) is 0 Å². The Labute approximate surface area is 149 Å². The fourth-order valence-electron chi connectivity index (χ4n) is 3.33. The molecule has 0 aromatic heterocycles. The Morgan fingerprint density at radius 1 is 1.24 bits per heavy atom. The molecule has 1 aliphatic heterocycles. The number of amides is 1. The first-order valence-electron chi connectivity index (χ1n) is 8.79. The first kappa shape index (κ1) is 17.5. The second kappa shape index (κ2) is 6.87. The van der Waals surface area contributed by atoms with E-state index < -0.39 is 0 Å². The molecule has 0 spiro atoms. The Morgan fingerprint density at radius 3 is 2.64 bits per heavy atom. The van der Waals surface area contributed by atoms with Crippen molar-refractivity contribution < 1.29 is 9.53 Å². The standard InChI is InChI=1S/C21H26N2O2/c1-21(2,3)18(12-19(22)24)20-23-17(13-25-20)11-14-8-9-15-6-4-5-7-16(15)10-14/h4-10,17-18H,11-13H2,1-3H3,(H2,22,24)/t17-,18+/m0/s1. The van der Waals surface area contributed by atoms with Gasteiger partial charge in [0, 0.05) is 12.3 Å². The molecule has 1 heterocycles. The van der Waals surface area contributed by atoms with Crippen molar-refractivity contribution in [3.8, 4) is 0 Å². The molecule has 0 saturated carbocycles. The highest BCUT2D eigenvalue weighted by atomic mass is 16.5. The van der Waals surface area contributed by atoms with Crippen LogP contribution in [-0.4, -0.2) is 24.5 Å². The summed E-state index contributed by atoms with van der Waals surface area (Å²) in [5.41, 5.74) is 6.55. The molecule has 0 aliphatic carbocycles. The fraction of sp³-hybridized carbons (Fsp3) is 0.429. The molecule has 4 heteroatoms. The van der Waals surface area contributed by atoms with Gasteiger partial charge in [0.05, 0.1) is 6.04 Å². The van der Waals surface area contributed by atoms with E-state index in [2.05, 4.69) is 63.2 Å². The van der Waals surface area contributed by atoms with Gasteiger partial charge in [-0.05, 0) is 28.2 Å². The van der Waals surface area contributed by atoms with E-state index in [4.69, 9.17) is 15.5 Å². The van der Waals surface area contributed by atoms with Crippen LogP contribution in [0, 0.1) is 11.3 Å². The van der Waals surface area contributed by atoms with Crippen LogP contribution in [0.5, 0.6) is 0 Å². The van der Waals surface area contributed by atoms with Crippen LogP contribution >= 0.6 is 0 Å². The number of ether oxygens (including phenoxy) is 1. The summed E-state index contributed by atoms with van der Waals surface area (Å²) in [4.78, 5) is 16.2. The molecule has 2 aromatic carbocycles. The smallest absolute Gasteiger partial charge is 0.218 e. The van der Waals surface area contributed by atoms with Crippen molar-refractivity contribution in [3.05, 3.63) is 48.0 Å². The van der Waals surface area contributed by atoms with E-state index in [1.807, 2.05) is 0 Å². The summed E-state index contributed by atoms with van der Waals surface area (Å²) in [6.45, 7) is 6.82. The van der Waals surface area contributed by atoms with Gasteiger partial charge in [0.1, 0.15) is 6.61 Å². The Morgan fingerprint density at radius 2 is 1.96 bits per heavy atom. The Bertz CT molecular complexity index is 805. The van der Waals surface area contributed by atoms with Gasteiger partial charge >= 0.3 is 0 Å². The molecule has 1 aliphatic rings. The van der Waals surface area contributed by atoms with Gasteiger partial charge in [-0.1, -0.05) is 63.2 Å². The quantitative estimate of drug-likeness (QED) is 0.903. The third kappa shape index (κ3) is 4.19. The summed E-state index contributed by atoms with van der Waals surface area (Å²) in [5.74, 6) is 0.285. The van der Waals surface area contributed by atoms with E-state index in [1.165, 1.54) is 16.3 Å². The summed E-state index contributed by atoms with van der Waals surface area (Å²) >= 11 is 0. The average molecular weight is 338 g/mol. The Hall–Kier alpha value is -2.36. The lowest BCUT2D eigenvalue weighted by Gasteiger charge is -2.28. The summed E-state index contributed by atoms with van der Waals surface area (Å²) in [6.07, 6.45) is 1.10. The largest absolute Gasteiger partial charge is 0.478 e. The first-order valence-corrected chi connectivity index (χ1v) is 8.79. The maximum absolute atomic E-state index is 11.4. The summed E-state index contributed by atoms with van der Waals surface area (Å²) in [6, 6.07) is 15.0. The summed E-state index contributed by atoms with van der Waals surface area (Å²) < 4.78 is 5.86. The molecule has 3 rings (SSSR count). The van der Waals surface area contributed by atoms with Crippen molar-refractivity contribution in [1.29, 1.82) is 0 Å². The van der Waals surface area contributed by atoms with Crippen molar-refractivity contribution in [3.63, 3.8) is 0 Å². The van der Waals surface area contributed by atoms with Crippen LogP contribution in [-0.2, 0) is 16.0 Å². The molecular formula is C21H26N2O2. The molecule has 1 amide bonds. The Balaban J connectivity index is 1.76. The Kier molecular flexibility index (Phi) is 4.80. The van der Waals surface area contributed by atoms with Crippen LogP contribution in [0.2, 0.25) is 0 Å². The maximum atomic E-state index is 11.4. The number of nitrogens with two attached hydrogens (primary N) is 1. The van der Waals surface area contributed by atoms with Crippen LogP contribution < -0.4 is 5.73 Å². The van der Waals surface area contributed by atoms with Crippen LogP contribution in [0.4, 0.5) is 0 Å². The molecular weight excluding hydrogens is 312 g/mol. The van der Waals surface area contributed by atoms with Crippen LogP contribution in [0.25, 0.3) is 10.8 Å². The van der Waals surface area contributed by atoms with Gasteiger partial charge < -0.3 is 10.5 Å². The van der Waals surface area contributed by atoms with Crippen LogP contribution in [0.1, 0.15) is 32.8 Å². The molecule has 0 radical (unpaired) electrons. The number of primary amides is 1. The molecule has 2 aromatic rings. The number of carbonyl (C=O) groups is 1. The highest BCUT2D eigenvalue weighted by Gasteiger charge is 2.35. The van der Waals surface area contributed by atoms with Gasteiger partial charge in [0.25, 0.3) is 0 Å². The average Bonchev–Trinajstić information content (AvgIpc) is 2.99. The topological polar surface area (TPSA) is 64.7 Å². The lowest BCUT2D eigenvalue weighted by molar-refractivity contribution is -0.119. The van der Waals surface area contributed by atoms with E-state index in [1.54, 1.807) is 0 Å². The van der Waals surface area contributed by atoms with Crippen molar-refractivity contribution in [2.45, 2.75) is 39.7 Å². The van der Waals surface area contributed by atoms with Gasteiger partial charge in [0.15, 0.2) is 5.90 Å². The number of fused-ring (bicyclic) bond motifs is 1. The third-order valence-corrected chi connectivity index (χ3v) is 4.77. The zero-order valence-electron chi connectivity index (χ0n) is 15.2. The lowest BCUT2D eigenvalue weighted by atomic mass is 9.78. The van der Waals surface area contributed by atoms with Crippen molar-refractivity contribution in [1.82, 2.24) is 0 Å². The molecule has 0 saturated heterocycles. The number of benzene rings is 2. The molecule has 2 N–H and O–H groups in total. The number of hydrogen-bond donors (Lipinski definition) is 1. The van der Waals surface area contributed by atoms with E-state index in [9.17, 15) is 4.79 Å². The zero-order valence-corrected chi connectivity index (χ0v) is 15.2. The third-order valence-electron chi connectivity index (χ3n) is 4.77. The summed E-state index contributed by atoms with van der Waals surface area (Å²) in [7, 11) is 0.